The van der Waals surface area contributed by atoms with Crippen molar-refractivity contribution in [1.82, 2.24) is 4.98 Å². The number of para-hydroxylation sites is 1. The van der Waals surface area contributed by atoms with Crippen molar-refractivity contribution in [3.05, 3.63) is 95.8 Å². The van der Waals surface area contributed by atoms with Gasteiger partial charge in [0.1, 0.15) is 11.8 Å². The number of ketones is 1. The smallest absolute Gasteiger partial charge is 0.185 e. The van der Waals surface area contributed by atoms with Gasteiger partial charge in [0.2, 0.25) is 0 Å². The molecule has 33 heavy (non-hydrogen) atoms. The number of carbonyl (C=O) groups excluding carboxylic acids is 1. The molecule has 3 atom stereocenters. The Bertz CT molecular complexity index is 1300. The Hall–Kier alpha value is -4.42. The summed E-state index contributed by atoms with van der Waals surface area (Å²) in [5, 5.41) is 20.8. The minimum absolute atomic E-state index is 0.158. The first-order valence-corrected chi connectivity index (χ1v) is 10.6. The lowest BCUT2D eigenvalue weighted by atomic mass is 9.69. The summed E-state index contributed by atoms with van der Waals surface area (Å²) in [6, 6.07) is 21.5. The van der Waals surface area contributed by atoms with E-state index in [1.54, 1.807) is 49.8 Å². The molecule has 3 heterocycles. The number of Topliss-reactive ketones (excluding diaryl/α,β-unsaturated/α-hetero) is 1. The van der Waals surface area contributed by atoms with Gasteiger partial charge in [-0.3, -0.25) is 9.78 Å². The fourth-order valence-electron chi connectivity index (χ4n) is 5.09. The van der Waals surface area contributed by atoms with Gasteiger partial charge in [0, 0.05) is 29.6 Å². The molecule has 6 nitrogen and oxygen atoms in total. The quantitative estimate of drug-likeness (QED) is 0.569. The highest BCUT2D eigenvalue weighted by atomic mass is 16.5. The average Bonchev–Trinajstić information content (AvgIpc) is 3.20. The molecule has 0 radical (unpaired) electrons. The maximum Gasteiger partial charge on any atom is 0.185 e. The summed E-state index contributed by atoms with van der Waals surface area (Å²) in [6.45, 7) is 0. The largest absolute Gasteiger partial charge is 0.497 e. The van der Waals surface area contributed by atoms with E-state index in [4.69, 9.17) is 4.74 Å². The van der Waals surface area contributed by atoms with E-state index in [9.17, 15) is 15.3 Å². The minimum atomic E-state index is -1.47. The van der Waals surface area contributed by atoms with Crippen LogP contribution in [-0.2, 0) is 0 Å². The van der Waals surface area contributed by atoms with Crippen LogP contribution in [0.5, 0.6) is 5.75 Å². The number of hydrogen-bond acceptors (Lipinski definition) is 6. The number of fused-ring (bicyclic) bond motifs is 3. The molecule has 1 saturated heterocycles. The molecule has 0 N–H and O–H groups in total. The molecule has 160 valence electrons. The van der Waals surface area contributed by atoms with Crippen LogP contribution in [0.2, 0.25) is 0 Å². The maximum absolute atomic E-state index is 14.1. The molecule has 2 aromatic carbocycles. The highest BCUT2D eigenvalue weighted by Gasteiger charge is 2.63. The second kappa shape index (κ2) is 7.93. The van der Waals surface area contributed by atoms with Gasteiger partial charge in [-0.25, -0.2) is 0 Å². The molecule has 2 aliphatic rings. The molecule has 1 aromatic heterocycles. The first kappa shape index (κ1) is 20.5. The Morgan fingerprint density at radius 1 is 1.06 bits per heavy atom. The number of methoxy groups -OCH3 is 1. The third-order valence-electron chi connectivity index (χ3n) is 6.60. The third kappa shape index (κ3) is 3.00. The minimum Gasteiger partial charge on any atom is -0.497 e. The molecular formula is C27H20N4O2. The van der Waals surface area contributed by atoms with E-state index < -0.39 is 23.4 Å². The topological polar surface area (TPSA) is 90.0 Å². The number of pyridine rings is 1. The van der Waals surface area contributed by atoms with Gasteiger partial charge in [-0.2, -0.15) is 10.5 Å². The molecule has 0 unspecified atom stereocenters. The number of nitriles is 2. The summed E-state index contributed by atoms with van der Waals surface area (Å²) in [5.74, 6) is -0.208. The van der Waals surface area contributed by atoms with Crippen LogP contribution in [0.15, 0.2) is 79.1 Å². The zero-order valence-electron chi connectivity index (χ0n) is 17.9. The maximum atomic E-state index is 14.1. The second-order valence-corrected chi connectivity index (χ2v) is 8.16. The molecule has 6 heteroatoms. The summed E-state index contributed by atoms with van der Waals surface area (Å²) < 4.78 is 5.24. The van der Waals surface area contributed by atoms with Gasteiger partial charge in [-0.05, 0) is 47.5 Å². The average molecular weight is 432 g/mol. The van der Waals surface area contributed by atoms with E-state index in [2.05, 4.69) is 17.1 Å². The number of rotatable bonds is 4. The van der Waals surface area contributed by atoms with Crippen molar-refractivity contribution in [2.24, 2.45) is 5.41 Å². The van der Waals surface area contributed by atoms with Crippen LogP contribution < -0.4 is 9.64 Å². The van der Waals surface area contributed by atoms with Gasteiger partial charge in [0.15, 0.2) is 11.2 Å². The Kier molecular flexibility index (Phi) is 4.92. The lowest BCUT2D eigenvalue weighted by molar-refractivity contribution is 0.0951. The highest BCUT2D eigenvalue weighted by molar-refractivity contribution is 6.04. The number of ether oxygens (including phenoxy) is 1. The lowest BCUT2D eigenvalue weighted by Gasteiger charge is -2.35. The first-order valence-electron chi connectivity index (χ1n) is 10.6. The van der Waals surface area contributed by atoms with Gasteiger partial charge in [-0.1, -0.05) is 36.4 Å². The Morgan fingerprint density at radius 2 is 1.82 bits per heavy atom. The van der Waals surface area contributed by atoms with E-state index >= 15 is 0 Å². The number of aromatic nitrogens is 1. The molecular weight excluding hydrogens is 412 g/mol. The van der Waals surface area contributed by atoms with Crippen LogP contribution in [0.1, 0.15) is 27.4 Å². The van der Waals surface area contributed by atoms with E-state index in [1.165, 1.54) is 0 Å². The number of nitrogens with zero attached hydrogens (tertiary/aromatic N) is 4. The summed E-state index contributed by atoms with van der Waals surface area (Å²) in [5.41, 5.74) is 1.48. The number of hydrogen-bond donors (Lipinski definition) is 0. The zero-order chi connectivity index (χ0) is 23.0. The molecule has 0 amide bonds. The molecule has 5 rings (SSSR count). The number of anilines is 1. The molecule has 0 saturated carbocycles. The van der Waals surface area contributed by atoms with E-state index in [0.29, 0.717) is 16.9 Å². The molecule has 2 aliphatic heterocycles. The van der Waals surface area contributed by atoms with Crippen molar-refractivity contribution in [2.75, 3.05) is 12.0 Å². The van der Waals surface area contributed by atoms with Crippen LogP contribution in [0.4, 0.5) is 5.69 Å². The number of benzene rings is 2. The second-order valence-electron chi connectivity index (χ2n) is 8.16. The summed E-state index contributed by atoms with van der Waals surface area (Å²) in [4.78, 5) is 20.3. The van der Waals surface area contributed by atoms with Crippen molar-refractivity contribution >= 4 is 17.5 Å². The summed E-state index contributed by atoms with van der Waals surface area (Å²) in [7, 11) is 1.57. The molecule has 3 aromatic rings. The van der Waals surface area contributed by atoms with Gasteiger partial charge in [-0.15, -0.1) is 0 Å². The molecule has 1 fully saturated rings. The molecule has 0 bridgehead atoms. The van der Waals surface area contributed by atoms with Crippen molar-refractivity contribution in [3.8, 4) is 17.9 Å². The normalized spacial score (nSPS) is 21.9. The lowest BCUT2D eigenvalue weighted by Crippen LogP contribution is -2.44. The van der Waals surface area contributed by atoms with E-state index in [1.807, 2.05) is 47.4 Å². The van der Waals surface area contributed by atoms with Crippen LogP contribution >= 0.6 is 0 Å². The predicted molar refractivity (Wildman–Crippen MR) is 123 cm³/mol. The summed E-state index contributed by atoms with van der Waals surface area (Å²) >= 11 is 0. The van der Waals surface area contributed by atoms with Crippen LogP contribution in [0.3, 0.4) is 0 Å². The van der Waals surface area contributed by atoms with Gasteiger partial charge >= 0.3 is 0 Å². The van der Waals surface area contributed by atoms with Crippen LogP contribution in [-0.4, -0.2) is 30.0 Å². The standard InChI is InChI=1S/C27H20N4O2/c1-33-21-11-8-19(9-12-21)26(32)25-24(20-6-4-14-30-15-20)27(16-28,17-29)23-13-10-18-5-2-3-7-22(18)31(23)25/h2-15,23-25H,1H3/t23-,24+,25-/m0/s1. The number of carbonyl (C=O) groups is 1. The van der Waals surface area contributed by atoms with Crippen molar-refractivity contribution in [2.45, 2.75) is 18.0 Å². The highest BCUT2D eigenvalue weighted by Crippen LogP contribution is 2.55. The van der Waals surface area contributed by atoms with E-state index in [0.717, 1.165) is 11.3 Å². The van der Waals surface area contributed by atoms with Gasteiger partial charge in [0.05, 0.1) is 25.3 Å². The Labute approximate surface area is 192 Å². The monoisotopic (exact) mass is 432 g/mol. The predicted octanol–water partition coefficient (Wildman–Crippen LogP) is 4.37. The Balaban J connectivity index is 1.75. The van der Waals surface area contributed by atoms with Crippen molar-refractivity contribution in [3.63, 3.8) is 0 Å². The third-order valence-corrected chi connectivity index (χ3v) is 6.60. The summed E-state index contributed by atoms with van der Waals surface area (Å²) in [6.07, 6.45) is 7.10. The van der Waals surface area contributed by atoms with Crippen molar-refractivity contribution in [1.29, 1.82) is 10.5 Å². The molecule has 0 spiro atoms. The van der Waals surface area contributed by atoms with Crippen LogP contribution in [0, 0.1) is 28.1 Å². The zero-order valence-corrected chi connectivity index (χ0v) is 17.9. The molecule has 0 aliphatic carbocycles. The fraction of sp³-hybridized carbons (Fsp3) is 0.185. The first-order chi connectivity index (χ1) is 16.1. The van der Waals surface area contributed by atoms with Gasteiger partial charge in [0.25, 0.3) is 0 Å². The SMILES string of the molecule is COc1ccc(C(=O)[C@@H]2[C@@H](c3cccnc3)C(C#N)(C#N)[C@@H]3C=Cc4ccccc4N23)cc1. The van der Waals surface area contributed by atoms with Crippen molar-refractivity contribution < 1.29 is 9.53 Å². The van der Waals surface area contributed by atoms with Crippen LogP contribution in [0.25, 0.3) is 6.08 Å². The van der Waals surface area contributed by atoms with E-state index in [-0.39, 0.29) is 5.78 Å². The Morgan fingerprint density at radius 3 is 2.48 bits per heavy atom. The fourth-order valence-corrected chi connectivity index (χ4v) is 5.09. The van der Waals surface area contributed by atoms with Gasteiger partial charge < -0.3 is 9.64 Å².